The largest absolute Gasteiger partial charge is 0.469 e. The first-order chi connectivity index (χ1) is 19.7. The van der Waals surface area contributed by atoms with Crippen LogP contribution in [0, 0.1) is 5.92 Å². The van der Waals surface area contributed by atoms with E-state index < -0.39 is 23.5 Å². The summed E-state index contributed by atoms with van der Waals surface area (Å²) in [4.78, 5) is 29.9. The Morgan fingerprint density at radius 1 is 0.927 bits per heavy atom. The Hall–Kier alpha value is -3.82. The van der Waals surface area contributed by atoms with E-state index in [9.17, 15) is 22.8 Å². The first-order valence-electron chi connectivity index (χ1n) is 14.1. The summed E-state index contributed by atoms with van der Waals surface area (Å²) in [6, 6.07) is 17.0. The molecule has 0 bridgehead atoms. The number of nitrogens with zero attached hydrogens (tertiary/aromatic N) is 2. The van der Waals surface area contributed by atoms with Crippen molar-refractivity contribution in [3.63, 3.8) is 0 Å². The summed E-state index contributed by atoms with van der Waals surface area (Å²) in [5.74, 6) is -1.06. The first kappa shape index (κ1) is 28.7. The first-order valence-corrected chi connectivity index (χ1v) is 14.1. The Bertz CT molecular complexity index is 1320. The highest BCUT2D eigenvalue weighted by molar-refractivity contribution is 6.03. The number of oxazole rings is 1. The van der Waals surface area contributed by atoms with Gasteiger partial charge < -0.3 is 19.4 Å². The number of methoxy groups -OCH3 is 1. The van der Waals surface area contributed by atoms with Crippen LogP contribution in [-0.2, 0) is 15.7 Å². The second kappa shape index (κ2) is 12.4. The third kappa shape index (κ3) is 6.92. The molecule has 10 heteroatoms. The molecule has 0 atom stereocenters. The van der Waals surface area contributed by atoms with Crippen LogP contribution < -0.4 is 10.2 Å². The van der Waals surface area contributed by atoms with Crippen molar-refractivity contribution in [3.8, 4) is 0 Å². The molecule has 1 aromatic heterocycles. The summed E-state index contributed by atoms with van der Waals surface area (Å²) in [6.07, 6.45) is 0.809. The summed E-state index contributed by atoms with van der Waals surface area (Å²) < 4.78 is 51.8. The van der Waals surface area contributed by atoms with Crippen molar-refractivity contribution in [2.75, 3.05) is 30.4 Å². The molecule has 1 aliphatic carbocycles. The minimum absolute atomic E-state index is 0.186. The highest BCUT2D eigenvalue weighted by Crippen LogP contribution is 2.39. The number of carbonyl (C=O) groups excluding carboxylic acids is 2. The van der Waals surface area contributed by atoms with Crippen molar-refractivity contribution in [3.05, 3.63) is 77.2 Å². The predicted molar refractivity (Wildman–Crippen MR) is 148 cm³/mol. The Balaban J connectivity index is 1.22. The van der Waals surface area contributed by atoms with Gasteiger partial charge in [0, 0.05) is 25.2 Å². The molecule has 1 aliphatic heterocycles. The maximum Gasteiger partial charge on any atom is 0.437 e. The minimum atomic E-state index is -4.84. The van der Waals surface area contributed by atoms with Gasteiger partial charge in [0.05, 0.1) is 7.11 Å². The lowest BCUT2D eigenvalue weighted by molar-refractivity contribution is -0.142. The Labute approximate surface area is 237 Å². The van der Waals surface area contributed by atoms with E-state index in [1.54, 1.807) is 17.0 Å². The normalized spacial score (nSPS) is 20.0. The Kier molecular flexibility index (Phi) is 8.65. The van der Waals surface area contributed by atoms with Gasteiger partial charge in [0.2, 0.25) is 5.76 Å². The summed E-state index contributed by atoms with van der Waals surface area (Å²) in [6.45, 7) is 0.953. The van der Waals surface area contributed by atoms with Crippen LogP contribution in [0.1, 0.15) is 84.2 Å². The van der Waals surface area contributed by atoms with Crippen LogP contribution >= 0.6 is 0 Å². The SMILES string of the molecule is COC(=O)CC1CCC(c2ccc(NC(=O)c3oc(N4CCC(c5ccccc5)CC4)nc3C(F)(F)F)cc2)CC1. The number of piperidine rings is 1. The van der Waals surface area contributed by atoms with Gasteiger partial charge in [-0.1, -0.05) is 42.5 Å². The van der Waals surface area contributed by atoms with Gasteiger partial charge in [-0.05, 0) is 79.5 Å². The zero-order valence-corrected chi connectivity index (χ0v) is 23.0. The molecule has 0 radical (unpaired) electrons. The number of esters is 1. The fourth-order valence-corrected chi connectivity index (χ4v) is 5.96. The number of benzene rings is 2. The highest BCUT2D eigenvalue weighted by Gasteiger charge is 2.42. The number of rotatable bonds is 7. The van der Waals surface area contributed by atoms with Crippen molar-refractivity contribution in [1.82, 2.24) is 4.98 Å². The fraction of sp³-hybridized carbons (Fsp3) is 0.452. The van der Waals surface area contributed by atoms with Crippen molar-refractivity contribution >= 4 is 23.6 Å². The summed E-state index contributed by atoms with van der Waals surface area (Å²) >= 11 is 0. The lowest BCUT2D eigenvalue weighted by Gasteiger charge is -2.31. The van der Waals surface area contributed by atoms with E-state index in [2.05, 4.69) is 22.4 Å². The zero-order chi connectivity index (χ0) is 29.0. The van der Waals surface area contributed by atoms with Crippen molar-refractivity contribution < 1.29 is 31.9 Å². The van der Waals surface area contributed by atoms with E-state index in [0.717, 1.165) is 44.1 Å². The summed E-state index contributed by atoms with van der Waals surface area (Å²) in [5, 5.41) is 2.54. The number of hydrogen-bond donors (Lipinski definition) is 1. The molecule has 1 amide bonds. The van der Waals surface area contributed by atoms with Crippen molar-refractivity contribution in [2.24, 2.45) is 5.92 Å². The number of aromatic nitrogens is 1. The van der Waals surface area contributed by atoms with Crippen LogP contribution in [0.25, 0.3) is 0 Å². The molecule has 1 N–H and O–H groups in total. The Morgan fingerprint density at radius 2 is 1.54 bits per heavy atom. The molecular formula is C31H34F3N3O4. The standard InChI is InChI=1S/C31H34F3N3O4/c1-40-26(38)19-20-7-9-22(10-8-20)23-11-13-25(14-12-23)35-29(39)27-28(31(32,33)34)36-30(41-27)37-17-15-24(16-18-37)21-5-3-2-4-6-21/h2-6,11-14,20,22,24H,7-10,15-19H2,1H3,(H,35,39). The average Bonchev–Trinajstić information content (AvgIpc) is 3.45. The number of carbonyl (C=O) groups is 2. The van der Waals surface area contributed by atoms with Crippen molar-refractivity contribution in [2.45, 2.75) is 63.0 Å². The maximum atomic E-state index is 13.8. The number of nitrogens with one attached hydrogen (secondary N) is 1. The molecule has 1 saturated carbocycles. The van der Waals surface area contributed by atoms with Crippen LogP contribution in [0.15, 0.2) is 59.0 Å². The molecular weight excluding hydrogens is 535 g/mol. The lowest BCUT2D eigenvalue weighted by Crippen LogP contribution is -2.33. The van der Waals surface area contributed by atoms with Crippen LogP contribution in [-0.4, -0.2) is 37.1 Å². The van der Waals surface area contributed by atoms with Crippen LogP contribution in [0.5, 0.6) is 0 Å². The van der Waals surface area contributed by atoms with E-state index >= 15 is 0 Å². The van der Waals surface area contributed by atoms with Crippen LogP contribution in [0.2, 0.25) is 0 Å². The van der Waals surface area contributed by atoms with Crippen molar-refractivity contribution in [1.29, 1.82) is 0 Å². The van der Waals surface area contributed by atoms with Crippen LogP contribution in [0.3, 0.4) is 0 Å². The van der Waals surface area contributed by atoms with E-state index in [1.807, 2.05) is 30.3 Å². The van der Waals surface area contributed by atoms with E-state index in [1.165, 1.54) is 12.7 Å². The molecule has 2 aromatic carbocycles. The fourth-order valence-electron chi connectivity index (χ4n) is 5.96. The Morgan fingerprint density at radius 3 is 2.15 bits per heavy atom. The van der Waals surface area contributed by atoms with Gasteiger partial charge in [-0.2, -0.15) is 18.2 Å². The van der Waals surface area contributed by atoms with E-state index in [-0.39, 0.29) is 12.0 Å². The second-order valence-corrected chi connectivity index (χ2v) is 10.9. The molecule has 3 aromatic rings. The van der Waals surface area contributed by atoms with Gasteiger partial charge in [-0.3, -0.25) is 9.59 Å². The molecule has 2 aliphatic rings. The van der Waals surface area contributed by atoms with Gasteiger partial charge in [0.15, 0.2) is 5.69 Å². The minimum Gasteiger partial charge on any atom is -0.469 e. The third-order valence-corrected chi connectivity index (χ3v) is 8.30. The quantitative estimate of drug-likeness (QED) is 0.304. The average molecular weight is 570 g/mol. The monoisotopic (exact) mass is 569 g/mol. The third-order valence-electron chi connectivity index (χ3n) is 8.30. The molecule has 2 heterocycles. The molecule has 218 valence electrons. The second-order valence-electron chi connectivity index (χ2n) is 10.9. The molecule has 41 heavy (non-hydrogen) atoms. The molecule has 7 nitrogen and oxygen atoms in total. The van der Waals surface area contributed by atoms with E-state index in [4.69, 9.17) is 9.15 Å². The molecule has 1 saturated heterocycles. The van der Waals surface area contributed by atoms with Crippen LogP contribution in [0.4, 0.5) is 24.9 Å². The van der Waals surface area contributed by atoms with Gasteiger partial charge in [-0.15, -0.1) is 0 Å². The number of anilines is 2. The summed E-state index contributed by atoms with van der Waals surface area (Å²) in [7, 11) is 1.40. The molecule has 0 unspecified atom stereocenters. The van der Waals surface area contributed by atoms with Gasteiger partial charge >= 0.3 is 12.1 Å². The van der Waals surface area contributed by atoms with Gasteiger partial charge in [0.25, 0.3) is 11.9 Å². The number of hydrogen-bond acceptors (Lipinski definition) is 6. The summed E-state index contributed by atoms with van der Waals surface area (Å²) in [5.41, 5.74) is 1.34. The maximum absolute atomic E-state index is 13.8. The predicted octanol–water partition coefficient (Wildman–Crippen LogP) is 7.17. The van der Waals surface area contributed by atoms with Gasteiger partial charge in [-0.25, -0.2) is 0 Å². The van der Waals surface area contributed by atoms with Gasteiger partial charge in [0.1, 0.15) is 0 Å². The molecule has 5 rings (SSSR count). The molecule has 0 spiro atoms. The zero-order valence-electron chi connectivity index (χ0n) is 23.0. The number of alkyl halides is 3. The lowest BCUT2D eigenvalue weighted by atomic mass is 9.77. The van der Waals surface area contributed by atoms with E-state index in [0.29, 0.717) is 43.0 Å². The smallest absolute Gasteiger partial charge is 0.437 e. The highest BCUT2D eigenvalue weighted by atomic mass is 19.4. The number of halogens is 3. The number of ether oxygens (including phenoxy) is 1. The molecule has 2 fully saturated rings. The topological polar surface area (TPSA) is 84.7 Å². The number of amides is 1.